The first kappa shape index (κ1) is 21.4. The lowest BCUT2D eigenvalue weighted by Crippen LogP contribution is -2.46. The molecule has 0 aliphatic carbocycles. The number of fused-ring (bicyclic) bond motifs is 3. The largest absolute Gasteiger partial charge is 0.497 e. The number of ketones is 2. The molecule has 1 fully saturated rings. The summed E-state index contributed by atoms with van der Waals surface area (Å²) in [6.45, 7) is 3.99. The van der Waals surface area contributed by atoms with E-state index >= 15 is 0 Å². The summed E-state index contributed by atoms with van der Waals surface area (Å²) in [5, 5.41) is 0.942. The standard InChI is InChI=1S/C27H27N3O3/c1-28-12-14-29(15-13-28)18-26(31)22-17-25(27(32)19-6-4-3-5-7-19)30-23-11-9-21(33-2)16-20(23)8-10-24(22)30/h3-11,16-17H,12-15,18H2,1-2H3. The summed E-state index contributed by atoms with van der Waals surface area (Å²) in [6.07, 6.45) is 0. The van der Waals surface area contributed by atoms with Crippen molar-refractivity contribution in [2.75, 3.05) is 46.9 Å². The number of pyridine rings is 1. The number of Topliss-reactive ketones (excluding diaryl/α,β-unsaturated/α-hetero) is 1. The Morgan fingerprint density at radius 1 is 0.879 bits per heavy atom. The van der Waals surface area contributed by atoms with Crippen LogP contribution in [0, 0.1) is 0 Å². The van der Waals surface area contributed by atoms with Crippen molar-refractivity contribution < 1.29 is 14.3 Å². The molecule has 0 bridgehead atoms. The molecule has 2 aromatic heterocycles. The summed E-state index contributed by atoms with van der Waals surface area (Å²) in [7, 11) is 3.73. The number of rotatable bonds is 6. The van der Waals surface area contributed by atoms with E-state index in [1.165, 1.54) is 0 Å². The Morgan fingerprint density at radius 3 is 2.33 bits per heavy atom. The molecule has 1 saturated heterocycles. The van der Waals surface area contributed by atoms with Gasteiger partial charge in [0, 0.05) is 42.7 Å². The minimum Gasteiger partial charge on any atom is -0.497 e. The van der Waals surface area contributed by atoms with Crippen LogP contribution in [-0.4, -0.2) is 72.6 Å². The molecule has 1 aliphatic rings. The number of likely N-dealkylation sites (N-methyl/N-ethyl adjacent to an activating group) is 1. The van der Waals surface area contributed by atoms with Crippen LogP contribution in [0.4, 0.5) is 0 Å². The number of aromatic nitrogens is 1. The van der Waals surface area contributed by atoms with Crippen molar-refractivity contribution in [1.82, 2.24) is 14.2 Å². The fourth-order valence-corrected chi connectivity index (χ4v) is 4.54. The molecule has 0 N–H and O–H groups in total. The van der Waals surface area contributed by atoms with Gasteiger partial charge in [-0.1, -0.05) is 36.4 Å². The highest BCUT2D eigenvalue weighted by molar-refractivity contribution is 6.14. The number of carbonyl (C=O) groups excluding carboxylic acids is 2. The Labute approximate surface area is 193 Å². The van der Waals surface area contributed by atoms with E-state index in [1.807, 2.05) is 65.1 Å². The maximum atomic E-state index is 13.5. The van der Waals surface area contributed by atoms with Crippen LogP contribution in [0.2, 0.25) is 0 Å². The van der Waals surface area contributed by atoms with Crippen LogP contribution < -0.4 is 4.74 Å². The Bertz CT molecular complexity index is 1340. The Hall–Kier alpha value is -3.48. The van der Waals surface area contributed by atoms with E-state index in [1.54, 1.807) is 13.2 Å². The van der Waals surface area contributed by atoms with E-state index in [2.05, 4.69) is 16.8 Å². The molecular formula is C27H27N3O3. The molecule has 0 amide bonds. The molecular weight excluding hydrogens is 414 g/mol. The molecule has 0 atom stereocenters. The van der Waals surface area contributed by atoms with E-state index in [0.29, 0.717) is 23.4 Å². The molecule has 1 aliphatic heterocycles. The van der Waals surface area contributed by atoms with Crippen molar-refractivity contribution in [3.05, 3.63) is 83.6 Å². The van der Waals surface area contributed by atoms with Crippen molar-refractivity contribution in [3.8, 4) is 5.75 Å². The zero-order valence-electron chi connectivity index (χ0n) is 19.0. The van der Waals surface area contributed by atoms with Gasteiger partial charge in [-0.3, -0.25) is 14.5 Å². The average Bonchev–Trinajstić information content (AvgIpc) is 3.25. The fourth-order valence-electron chi connectivity index (χ4n) is 4.54. The molecule has 33 heavy (non-hydrogen) atoms. The molecule has 0 unspecified atom stereocenters. The topological polar surface area (TPSA) is 54.3 Å². The van der Waals surface area contributed by atoms with E-state index in [-0.39, 0.29) is 11.6 Å². The number of hydrogen-bond acceptors (Lipinski definition) is 5. The van der Waals surface area contributed by atoms with E-state index in [0.717, 1.165) is 48.3 Å². The number of carbonyl (C=O) groups is 2. The molecule has 0 saturated carbocycles. The van der Waals surface area contributed by atoms with Gasteiger partial charge in [-0.15, -0.1) is 0 Å². The highest BCUT2D eigenvalue weighted by Crippen LogP contribution is 2.28. The summed E-state index contributed by atoms with van der Waals surface area (Å²) >= 11 is 0. The van der Waals surface area contributed by atoms with Gasteiger partial charge in [0.25, 0.3) is 0 Å². The zero-order valence-corrected chi connectivity index (χ0v) is 19.0. The molecule has 4 aromatic rings. The lowest BCUT2D eigenvalue weighted by molar-refractivity contribution is 0.0878. The molecule has 0 radical (unpaired) electrons. The fraction of sp³-hybridized carbons (Fsp3) is 0.259. The molecule has 5 rings (SSSR count). The second kappa shape index (κ2) is 8.81. The molecule has 6 nitrogen and oxygen atoms in total. The lowest BCUT2D eigenvalue weighted by Gasteiger charge is -2.31. The van der Waals surface area contributed by atoms with Gasteiger partial charge >= 0.3 is 0 Å². The van der Waals surface area contributed by atoms with Gasteiger partial charge in [0.15, 0.2) is 5.78 Å². The monoisotopic (exact) mass is 441 g/mol. The van der Waals surface area contributed by atoms with Crippen molar-refractivity contribution in [3.63, 3.8) is 0 Å². The number of piperazine rings is 1. The second-order valence-corrected chi connectivity index (χ2v) is 8.62. The third kappa shape index (κ3) is 4.03. The molecule has 2 aromatic carbocycles. The highest BCUT2D eigenvalue weighted by atomic mass is 16.5. The maximum absolute atomic E-state index is 13.5. The van der Waals surface area contributed by atoms with Crippen molar-refractivity contribution >= 4 is 28.0 Å². The van der Waals surface area contributed by atoms with Gasteiger partial charge in [0.2, 0.25) is 5.78 Å². The van der Waals surface area contributed by atoms with Gasteiger partial charge in [-0.05, 0) is 37.4 Å². The predicted molar refractivity (Wildman–Crippen MR) is 130 cm³/mol. The number of hydrogen-bond donors (Lipinski definition) is 0. The van der Waals surface area contributed by atoms with Crippen LogP contribution in [-0.2, 0) is 0 Å². The number of ether oxygens (including phenoxy) is 1. The van der Waals surface area contributed by atoms with Gasteiger partial charge < -0.3 is 14.0 Å². The number of nitrogens with zero attached hydrogens (tertiary/aromatic N) is 3. The van der Waals surface area contributed by atoms with Crippen LogP contribution in [0.5, 0.6) is 5.75 Å². The summed E-state index contributed by atoms with van der Waals surface area (Å²) in [6, 6.07) is 20.7. The van der Waals surface area contributed by atoms with E-state index < -0.39 is 0 Å². The summed E-state index contributed by atoms with van der Waals surface area (Å²) < 4.78 is 7.30. The van der Waals surface area contributed by atoms with Gasteiger partial charge in [-0.2, -0.15) is 0 Å². The first-order valence-electron chi connectivity index (χ1n) is 11.2. The van der Waals surface area contributed by atoms with E-state index in [9.17, 15) is 9.59 Å². The summed E-state index contributed by atoms with van der Waals surface area (Å²) in [5.74, 6) is 0.681. The van der Waals surface area contributed by atoms with E-state index in [4.69, 9.17) is 4.74 Å². The van der Waals surface area contributed by atoms with Gasteiger partial charge in [0.1, 0.15) is 5.75 Å². The van der Waals surface area contributed by atoms with Gasteiger partial charge in [-0.25, -0.2) is 0 Å². The van der Waals surface area contributed by atoms with Crippen LogP contribution in [0.3, 0.4) is 0 Å². The normalized spacial score (nSPS) is 15.2. The second-order valence-electron chi connectivity index (χ2n) is 8.62. The average molecular weight is 442 g/mol. The Balaban J connectivity index is 1.63. The van der Waals surface area contributed by atoms with Gasteiger partial charge in [0.05, 0.1) is 30.4 Å². The maximum Gasteiger partial charge on any atom is 0.209 e. The molecule has 0 spiro atoms. The minimum absolute atomic E-state index is 0.0389. The third-order valence-corrected chi connectivity index (χ3v) is 6.47. The van der Waals surface area contributed by atoms with Crippen LogP contribution in [0.15, 0.2) is 66.7 Å². The minimum atomic E-state index is -0.104. The lowest BCUT2D eigenvalue weighted by atomic mass is 10.1. The highest BCUT2D eigenvalue weighted by Gasteiger charge is 2.24. The molecule has 168 valence electrons. The molecule has 3 heterocycles. The SMILES string of the molecule is COc1ccc2c(ccc3c(C(=O)CN4CCN(C)CC4)cc(C(=O)c4ccccc4)n32)c1. The zero-order chi connectivity index (χ0) is 22.9. The Morgan fingerprint density at radius 2 is 1.61 bits per heavy atom. The van der Waals surface area contributed by atoms with Crippen LogP contribution >= 0.6 is 0 Å². The number of methoxy groups -OCH3 is 1. The number of benzene rings is 2. The summed E-state index contributed by atoms with van der Waals surface area (Å²) in [4.78, 5) is 31.4. The van der Waals surface area contributed by atoms with Crippen molar-refractivity contribution in [2.45, 2.75) is 0 Å². The first-order chi connectivity index (χ1) is 16.0. The predicted octanol–water partition coefficient (Wildman–Crippen LogP) is 3.76. The smallest absolute Gasteiger partial charge is 0.209 e. The summed E-state index contributed by atoms with van der Waals surface area (Å²) in [5.41, 5.74) is 3.30. The third-order valence-electron chi connectivity index (χ3n) is 6.47. The van der Waals surface area contributed by atoms with Crippen LogP contribution in [0.25, 0.3) is 16.4 Å². The quantitative estimate of drug-likeness (QED) is 0.427. The van der Waals surface area contributed by atoms with Crippen molar-refractivity contribution in [2.24, 2.45) is 0 Å². The first-order valence-corrected chi connectivity index (χ1v) is 11.2. The Kier molecular flexibility index (Phi) is 5.70. The molecule has 6 heteroatoms. The van der Waals surface area contributed by atoms with Crippen molar-refractivity contribution in [1.29, 1.82) is 0 Å². The van der Waals surface area contributed by atoms with Crippen LogP contribution in [0.1, 0.15) is 26.4 Å².